The number of nitrogens with zero attached hydrogens (tertiary/aromatic N) is 2. The van der Waals surface area contributed by atoms with E-state index in [0.717, 1.165) is 49.6 Å². The molecule has 1 aromatic carbocycles. The van der Waals surface area contributed by atoms with E-state index in [4.69, 9.17) is 9.47 Å². The van der Waals surface area contributed by atoms with Gasteiger partial charge in [0.1, 0.15) is 9.96 Å². The van der Waals surface area contributed by atoms with Gasteiger partial charge in [0.05, 0.1) is 30.4 Å². The number of thiophene rings is 1. The van der Waals surface area contributed by atoms with Crippen LogP contribution in [0.15, 0.2) is 39.9 Å². The van der Waals surface area contributed by atoms with Gasteiger partial charge in [-0.2, -0.15) is 0 Å². The first-order chi connectivity index (χ1) is 19.6. The molecule has 9 nitrogen and oxygen atoms in total. The fraction of sp³-hybridized carbons (Fsp3) is 0.633. The Bertz CT molecular complexity index is 1230. The first kappa shape index (κ1) is 31.7. The van der Waals surface area contributed by atoms with Crippen molar-refractivity contribution >= 4 is 33.0 Å². The van der Waals surface area contributed by atoms with Crippen LogP contribution in [0, 0.1) is 11.8 Å². The highest BCUT2D eigenvalue weighted by Crippen LogP contribution is 2.31. The molecule has 228 valence electrons. The summed E-state index contributed by atoms with van der Waals surface area (Å²) in [6, 6.07) is 7.58. The molecule has 1 aromatic heterocycles. The van der Waals surface area contributed by atoms with Crippen molar-refractivity contribution < 1.29 is 27.8 Å². The van der Waals surface area contributed by atoms with E-state index in [-0.39, 0.29) is 46.1 Å². The lowest BCUT2D eigenvalue weighted by molar-refractivity contribution is -0.0172. The number of ether oxygens (including phenoxy) is 2. The zero-order valence-electron chi connectivity index (χ0n) is 24.6. The number of fused-ring (bicyclic) bond motifs is 1. The second-order valence-corrected chi connectivity index (χ2v) is 14.6. The molecule has 1 saturated carbocycles. The maximum atomic E-state index is 14.2. The van der Waals surface area contributed by atoms with Crippen molar-refractivity contribution in [1.29, 1.82) is 0 Å². The zero-order chi connectivity index (χ0) is 29.6. The molecular formula is C30H45N3O6S2. The Morgan fingerprint density at radius 2 is 1.95 bits per heavy atom. The monoisotopic (exact) mass is 607 g/mol. The third-order valence-corrected chi connectivity index (χ3v) is 10.6. The molecule has 4 rings (SSSR count). The molecule has 0 unspecified atom stereocenters. The number of anilines is 1. The van der Waals surface area contributed by atoms with Crippen molar-refractivity contribution in [2.45, 2.75) is 75.3 Å². The van der Waals surface area contributed by atoms with Crippen LogP contribution in [0.3, 0.4) is 0 Å². The van der Waals surface area contributed by atoms with Gasteiger partial charge in [0, 0.05) is 37.8 Å². The van der Waals surface area contributed by atoms with E-state index < -0.39 is 16.1 Å². The fourth-order valence-electron chi connectivity index (χ4n) is 5.19. The minimum atomic E-state index is -3.80. The predicted octanol–water partition coefficient (Wildman–Crippen LogP) is 4.69. The van der Waals surface area contributed by atoms with E-state index in [1.807, 2.05) is 13.8 Å². The van der Waals surface area contributed by atoms with E-state index in [1.165, 1.54) is 18.9 Å². The van der Waals surface area contributed by atoms with Crippen LogP contribution in [0.25, 0.3) is 0 Å². The minimum absolute atomic E-state index is 0.00125. The Hall–Kier alpha value is -2.18. The molecule has 0 spiro atoms. The van der Waals surface area contributed by atoms with Gasteiger partial charge >= 0.3 is 0 Å². The van der Waals surface area contributed by atoms with Crippen molar-refractivity contribution in [2.75, 3.05) is 44.6 Å². The summed E-state index contributed by atoms with van der Waals surface area (Å²) < 4.78 is 41.3. The van der Waals surface area contributed by atoms with E-state index in [0.29, 0.717) is 18.9 Å². The van der Waals surface area contributed by atoms with Gasteiger partial charge in [0.15, 0.2) is 0 Å². The molecule has 1 fully saturated rings. The highest BCUT2D eigenvalue weighted by atomic mass is 32.2. The average molecular weight is 608 g/mol. The normalized spacial score (nSPS) is 23.9. The van der Waals surface area contributed by atoms with Crippen molar-refractivity contribution in [3.63, 3.8) is 0 Å². The number of aliphatic hydroxyl groups excluding tert-OH is 1. The predicted molar refractivity (Wildman–Crippen MR) is 162 cm³/mol. The standard InChI is InChI=1S/C30H45N3O6S2/c1-21-17-33(22(2)20-34)30(35)26-16-25(31-41(36,37)29-9-7-15-40-29)12-13-27(26)39-23(3)8-5-6-14-38-28(21)19-32(4)18-24-10-11-24/h7,9,12-13,15-16,21-24,28,31,34H,5-6,8,10-11,14,17-20H2,1-4H3/t21-,22-,23+,28-/m0/s1. The Labute approximate surface area is 248 Å². The van der Waals surface area contributed by atoms with Crippen LogP contribution in [0.2, 0.25) is 0 Å². The molecule has 41 heavy (non-hydrogen) atoms. The van der Waals surface area contributed by atoms with Gasteiger partial charge in [-0.1, -0.05) is 13.0 Å². The van der Waals surface area contributed by atoms with Gasteiger partial charge in [0.25, 0.3) is 15.9 Å². The number of amides is 1. The van der Waals surface area contributed by atoms with Crippen LogP contribution in [0.5, 0.6) is 5.75 Å². The minimum Gasteiger partial charge on any atom is -0.490 e. The third kappa shape index (κ3) is 8.90. The van der Waals surface area contributed by atoms with Gasteiger partial charge in [-0.15, -0.1) is 11.3 Å². The van der Waals surface area contributed by atoms with Gasteiger partial charge < -0.3 is 24.4 Å². The van der Waals surface area contributed by atoms with E-state index in [9.17, 15) is 18.3 Å². The highest BCUT2D eigenvalue weighted by Gasteiger charge is 2.31. The van der Waals surface area contributed by atoms with Crippen molar-refractivity contribution in [2.24, 2.45) is 11.8 Å². The number of likely N-dealkylation sites (N-methyl/N-ethyl adjacent to an activating group) is 1. The van der Waals surface area contributed by atoms with Gasteiger partial charge in [-0.25, -0.2) is 8.42 Å². The van der Waals surface area contributed by atoms with Crippen LogP contribution >= 0.6 is 11.3 Å². The molecule has 2 N–H and O–H groups in total. The third-order valence-electron chi connectivity index (χ3n) is 7.82. The van der Waals surface area contributed by atoms with E-state index in [1.54, 1.807) is 34.5 Å². The quantitative estimate of drug-likeness (QED) is 0.426. The number of rotatable bonds is 9. The first-order valence-corrected chi connectivity index (χ1v) is 17.0. The Balaban J connectivity index is 1.65. The largest absolute Gasteiger partial charge is 0.490 e. The van der Waals surface area contributed by atoms with Gasteiger partial charge in [0.2, 0.25) is 0 Å². The summed E-state index contributed by atoms with van der Waals surface area (Å²) in [4.78, 5) is 18.2. The van der Waals surface area contributed by atoms with Gasteiger partial charge in [-0.3, -0.25) is 9.52 Å². The van der Waals surface area contributed by atoms with E-state index >= 15 is 0 Å². The number of carbonyl (C=O) groups excluding carboxylic acids is 1. The average Bonchev–Trinajstić information content (AvgIpc) is 3.55. The summed E-state index contributed by atoms with van der Waals surface area (Å²) in [6.45, 7) is 8.53. The van der Waals surface area contributed by atoms with Crippen molar-refractivity contribution in [3.8, 4) is 5.75 Å². The smallest absolute Gasteiger partial charge is 0.271 e. The summed E-state index contributed by atoms with van der Waals surface area (Å²) >= 11 is 1.12. The molecule has 1 aliphatic carbocycles. The van der Waals surface area contributed by atoms with Crippen LogP contribution in [-0.4, -0.2) is 87.4 Å². The zero-order valence-corrected chi connectivity index (χ0v) is 26.3. The number of carbonyl (C=O) groups is 1. The Kier molecular flexibility index (Phi) is 11.1. The van der Waals surface area contributed by atoms with Gasteiger partial charge in [-0.05, 0) is 88.6 Å². The lowest BCUT2D eigenvalue weighted by Crippen LogP contribution is -2.47. The molecule has 4 atom stereocenters. The molecule has 11 heteroatoms. The maximum absolute atomic E-state index is 14.2. The number of aliphatic hydroxyl groups is 1. The maximum Gasteiger partial charge on any atom is 0.271 e. The fourth-order valence-corrected chi connectivity index (χ4v) is 7.24. The number of benzene rings is 1. The molecule has 0 bridgehead atoms. The van der Waals surface area contributed by atoms with Crippen molar-refractivity contribution in [3.05, 3.63) is 41.3 Å². The molecule has 0 saturated heterocycles. The Morgan fingerprint density at radius 3 is 2.63 bits per heavy atom. The second kappa shape index (κ2) is 14.3. The van der Waals surface area contributed by atoms with E-state index in [2.05, 4.69) is 23.6 Å². The molecule has 1 amide bonds. The van der Waals surface area contributed by atoms with Crippen LogP contribution in [0.1, 0.15) is 63.2 Å². The molecule has 2 heterocycles. The molecular weight excluding hydrogens is 562 g/mol. The summed E-state index contributed by atoms with van der Waals surface area (Å²) in [6.07, 6.45) is 4.98. The summed E-state index contributed by atoms with van der Waals surface area (Å²) in [5.41, 5.74) is 0.534. The Morgan fingerprint density at radius 1 is 1.17 bits per heavy atom. The molecule has 0 radical (unpaired) electrons. The topological polar surface area (TPSA) is 108 Å². The van der Waals surface area contributed by atoms with Crippen LogP contribution in [0.4, 0.5) is 5.69 Å². The lowest BCUT2D eigenvalue weighted by Gasteiger charge is -2.36. The molecule has 2 aromatic rings. The SMILES string of the molecule is C[C@@H]1CCCCO[C@@H](CN(C)CC2CC2)[C@@H](C)CN([C@@H](C)CO)C(=O)c2cc(NS(=O)(=O)c3cccs3)ccc2O1. The number of hydrogen-bond donors (Lipinski definition) is 2. The molecule has 1 aliphatic heterocycles. The van der Waals surface area contributed by atoms with Crippen molar-refractivity contribution in [1.82, 2.24) is 9.80 Å². The summed E-state index contributed by atoms with van der Waals surface area (Å²) in [5.74, 6) is 0.852. The highest BCUT2D eigenvalue weighted by molar-refractivity contribution is 7.94. The first-order valence-electron chi connectivity index (χ1n) is 14.7. The number of nitrogens with one attached hydrogen (secondary N) is 1. The lowest BCUT2D eigenvalue weighted by atomic mass is 10.0. The number of hydrogen-bond acceptors (Lipinski definition) is 8. The summed E-state index contributed by atoms with van der Waals surface area (Å²) in [5, 5.41) is 11.8. The second-order valence-electron chi connectivity index (χ2n) is 11.7. The van der Waals surface area contributed by atoms with Crippen LogP contribution < -0.4 is 9.46 Å². The van der Waals surface area contributed by atoms with Crippen LogP contribution in [-0.2, 0) is 14.8 Å². The number of sulfonamides is 1. The molecule has 2 aliphatic rings. The summed E-state index contributed by atoms with van der Waals surface area (Å²) in [7, 11) is -1.67.